The predicted octanol–water partition coefficient (Wildman–Crippen LogP) is 2.06. The lowest BCUT2D eigenvalue weighted by Crippen LogP contribution is -2.62. The van der Waals surface area contributed by atoms with Gasteiger partial charge in [0.05, 0.1) is 12.6 Å². The molecule has 1 heterocycles. The van der Waals surface area contributed by atoms with Crippen molar-refractivity contribution in [3.63, 3.8) is 0 Å². The van der Waals surface area contributed by atoms with Crippen LogP contribution in [0.4, 0.5) is 4.79 Å². The molecule has 2 N–H and O–H groups in total. The third kappa shape index (κ3) is 2.64. The average Bonchev–Trinajstić information content (AvgIpc) is 2.42. The molecule has 2 amide bonds. The number of hydrogen-bond donors (Lipinski definition) is 1. The van der Waals surface area contributed by atoms with Crippen LogP contribution in [-0.4, -0.2) is 36.4 Å². The number of carbonyl (C=O) groups is 1. The van der Waals surface area contributed by atoms with E-state index in [1.165, 1.54) is 0 Å². The molecular formula is C15H22N2O3. The Bertz CT molecular complexity index is 465. The van der Waals surface area contributed by atoms with E-state index >= 15 is 0 Å². The van der Waals surface area contributed by atoms with Gasteiger partial charge in [0.2, 0.25) is 0 Å². The molecule has 3 atom stereocenters. The number of benzene rings is 1. The minimum Gasteiger partial charge on any atom is -0.361 e. The smallest absolute Gasteiger partial charge is 0.317 e. The molecule has 5 nitrogen and oxygen atoms in total. The fraction of sp³-hybridized carbons (Fsp3) is 0.533. The number of ether oxygens (including phenoxy) is 2. The van der Waals surface area contributed by atoms with Crippen LogP contribution in [0.5, 0.6) is 0 Å². The van der Waals surface area contributed by atoms with E-state index in [4.69, 9.17) is 15.2 Å². The summed E-state index contributed by atoms with van der Waals surface area (Å²) in [6.45, 7) is 6.67. The van der Waals surface area contributed by atoms with E-state index in [9.17, 15) is 4.79 Å². The molecule has 1 aliphatic heterocycles. The molecule has 1 aliphatic rings. The molecule has 3 unspecified atom stereocenters. The van der Waals surface area contributed by atoms with Gasteiger partial charge in [-0.25, -0.2) is 4.79 Å². The van der Waals surface area contributed by atoms with Crippen molar-refractivity contribution in [3.8, 4) is 0 Å². The number of rotatable bonds is 3. The van der Waals surface area contributed by atoms with Crippen molar-refractivity contribution in [2.24, 2.45) is 5.73 Å². The largest absolute Gasteiger partial charge is 0.361 e. The summed E-state index contributed by atoms with van der Waals surface area (Å²) in [5, 5.41) is 0. The lowest BCUT2D eigenvalue weighted by atomic mass is 9.91. The van der Waals surface area contributed by atoms with Crippen LogP contribution in [0.25, 0.3) is 0 Å². The zero-order valence-electron chi connectivity index (χ0n) is 12.2. The van der Waals surface area contributed by atoms with E-state index in [0.717, 1.165) is 5.56 Å². The summed E-state index contributed by atoms with van der Waals surface area (Å²) < 4.78 is 11.9. The molecule has 0 saturated carbocycles. The maximum atomic E-state index is 11.7. The standard InChI is InChI=1S/C15H22N2O3/c1-4-19-13-15(3,12-8-6-5-7-9-12)20-11(2)10-17(13)14(16)18/h5-9,11,13H,4,10H2,1-3H3,(H2,16,18). The van der Waals surface area contributed by atoms with Crippen molar-refractivity contribution >= 4 is 6.03 Å². The summed E-state index contributed by atoms with van der Waals surface area (Å²) in [6, 6.07) is 9.30. The first-order chi connectivity index (χ1) is 9.49. The lowest BCUT2D eigenvalue weighted by Gasteiger charge is -2.49. The van der Waals surface area contributed by atoms with Gasteiger partial charge >= 0.3 is 6.03 Å². The van der Waals surface area contributed by atoms with Crippen LogP contribution in [0, 0.1) is 0 Å². The molecule has 110 valence electrons. The molecule has 0 spiro atoms. The Hall–Kier alpha value is -1.59. The Morgan fingerprint density at radius 3 is 2.70 bits per heavy atom. The highest BCUT2D eigenvalue weighted by Crippen LogP contribution is 2.37. The topological polar surface area (TPSA) is 64.8 Å². The molecule has 0 radical (unpaired) electrons. The maximum Gasteiger partial charge on any atom is 0.317 e. The van der Waals surface area contributed by atoms with Gasteiger partial charge in [-0.2, -0.15) is 0 Å². The monoisotopic (exact) mass is 278 g/mol. The van der Waals surface area contributed by atoms with Crippen LogP contribution in [0.3, 0.4) is 0 Å². The summed E-state index contributed by atoms with van der Waals surface area (Å²) in [7, 11) is 0. The van der Waals surface area contributed by atoms with Crippen molar-refractivity contribution in [1.82, 2.24) is 4.90 Å². The first-order valence-corrected chi connectivity index (χ1v) is 6.90. The molecule has 2 rings (SSSR count). The fourth-order valence-electron chi connectivity index (χ4n) is 2.78. The summed E-state index contributed by atoms with van der Waals surface area (Å²) in [5.41, 5.74) is 5.74. The number of hydrogen-bond acceptors (Lipinski definition) is 3. The van der Waals surface area contributed by atoms with E-state index in [-0.39, 0.29) is 6.10 Å². The minimum atomic E-state index is -0.732. The predicted molar refractivity (Wildman–Crippen MR) is 76.0 cm³/mol. The highest BCUT2D eigenvalue weighted by Gasteiger charge is 2.48. The second-order valence-corrected chi connectivity index (χ2v) is 5.20. The quantitative estimate of drug-likeness (QED) is 0.920. The van der Waals surface area contributed by atoms with Gasteiger partial charge in [-0.3, -0.25) is 4.90 Å². The first kappa shape index (κ1) is 14.8. The number of nitrogens with zero attached hydrogens (tertiary/aromatic N) is 1. The number of morpholine rings is 1. The van der Waals surface area contributed by atoms with Crippen molar-refractivity contribution < 1.29 is 14.3 Å². The normalized spacial score (nSPS) is 30.2. The third-order valence-corrected chi connectivity index (χ3v) is 3.61. The molecule has 1 aromatic rings. The molecule has 0 aliphatic carbocycles. The van der Waals surface area contributed by atoms with Gasteiger partial charge in [0, 0.05) is 6.61 Å². The Balaban J connectivity index is 2.43. The van der Waals surface area contributed by atoms with Crippen molar-refractivity contribution in [2.75, 3.05) is 13.2 Å². The van der Waals surface area contributed by atoms with Crippen LogP contribution < -0.4 is 5.73 Å². The number of urea groups is 1. The summed E-state index contributed by atoms with van der Waals surface area (Å²) >= 11 is 0. The molecule has 0 aromatic heterocycles. The summed E-state index contributed by atoms with van der Waals surface area (Å²) in [5.74, 6) is 0. The first-order valence-electron chi connectivity index (χ1n) is 6.90. The highest BCUT2D eigenvalue weighted by molar-refractivity contribution is 5.72. The summed E-state index contributed by atoms with van der Waals surface area (Å²) in [6.07, 6.45) is -0.631. The molecule has 5 heteroatoms. The van der Waals surface area contributed by atoms with Crippen molar-refractivity contribution in [1.29, 1.82) is 0 Å². The molecule has 1 aromatic carbocycles. The Kier molecular flexibility index (Phi) is 4.30. The van der Waals surface area contributed by atoms with Crippen molar-refractivity contribution in [2.45, 2.75) is 38.7 Å². The van der Waals surface area contributed by atoms with Crippen molar-refractivity contribution in [3.05, 3.63) is 35.9 Å². The van der Waals surface area contributed by atoms with Gasteiger partial charge in [0.15, 0.2) is 6.23 Å². The molecular weight excluding hydrogens is 256 g/mol. The van der Waals surface area contributed by atoms with Crippen LogP contribution in [-0.2, 0) is 15.1 Å². The van der Waals surface area contributed by atoms with Gasteiger partial charge in [-0.05, 0) is 26.3 Å². The zero-order chi connectivity index (χ0) is 14.8. The Morgan fingerprint density at radius 2 is 2.15 bits per heavy atom. The highest BCUT2D eigenvalue weighted by atomic mass is 16.6. The van der Waals surface area contributed by atoms with Crippen LogP contribution >= 0.6 is 0 Å². The molecule has 0 bridgehead atoms. The number of primary amides is 1. The Labute approximate surface area is 119 Å². The second kappa shape index (κ2) is 5.81. The molecule has 1 saturated heterocycles. The maximum absolute atomic E-state index is 11.7. The van der Waals surface area contributed by atoms with E-state index in [2.05, 4.69) is 0 Å². The average molecular weight is 278 g/mol. The van der Waals surface area contributed by atoms with E-state index < -0.39 is 17.9 Å². The summed E-state index contributed by atoms with van der Waals surface area (Å²) in [4.78, 5) is 13.3. The van der Waals surface area contributed by atoms with Crippen LogP contribution in [0.2, 0.25) is 0 Å². The second-order valence-electron chi connectivity index (χ2n) is 5.20. The minimum absolute atomic E-state index is 0.107. The van der Waals surface area contributed by atoms with Gasteiger partial charge in [0.1, 0.15) is 5.60 Å². The SMILES string of the molecule is CCOC1N(C(N)=O)CC(C)OC1(C)c1ccccc1. The van der Waals surface area contributed by atoms with Gasteiger partial charge in [0.25, 0.3) is 0 Å². The van der Waals surface area contributed by atoms with Crippen LogP contribution in [0.15, 0.2) is 30.3 Å². The fourth-order valence-corrected chi connectivity index (χ4v) is 2.78. The van der Waals surface area contributed by atoms with E-state index in [0.29, 0.717) is 13.2 Å². The van der Waals surface area contributed by atoms with Gasteiger partial charge in [-0.1, -0.05) is 30.3 Å². The Morgan fingerprint density at radius 1 is 1.50 bits per heavy atom. The zero-order valence-corrected chi connectivity index (χ0v) is 12.2. The van der Waals surface area contributed by atoms with E-state index in [1.54, 1.807) is 4.90 Å². The third-order valence-electron chi connectivity index (χ3n) is 3.61. The number of amides is 2. The number of nitrogens with two attached hydrogens (primary N) is 1. The van der Waals surface area contributed by atoms with Gasteiger partial charge in [-0.15, -0.1) is 0 Å². The molecule has 20 heavy (non-hydrogen) atoms. The molecule has 1 fully saturated rings. The van der Waals surface area contributed by atoms with Gasteiger partial charge < -0.3 is 15.2 Å². The number of carbonyl (C=O) groups excluding carboxylic acids is 1. The van der Waals surface area contributed by atoms with E-state index in [1.807, 2.05) is 51.1 Å². The van der Waals surface area contributed by atoms with Crippen LogP contribution in [0.1, 0.15) is 26.3 Å². The lowest BCUT2D eigenvalue weighted by molar-refractivity contribution is -0.243.